The molecule has 1 heterocycles. The van der Waals surface area contributed by atoms with Gasteiger partial charge in [-0.25, -0.2) is 9.37 Å². The van der Waals surface area contributed by atoms with E-state index in [1.165, 1.54) is 23.9 Å². The van der Waals surface area contributed by atoms with Gasteiger partial charge in [-0.05, 0) is 44.0 Å². The standard InChI is InChI=1S/C20H18FN3O2S/c1-12(18(25)22-17-9-5-3-7-15(17)21)27-20-23-16-8-4-2-6-14(16)19(26)24(20)13-10-11-13/h2-9,12-13H,10-11H2,1H3,(H,22,25)/t12-/m0/s1. The number of hydrogen-bond donors (Lipinski definition) is 1. The Bertz CT molecular complexity index is 1080. The lowest BCUT2D eigenvalue weighted by Crippen LogP contribution is -2.26. The van der Waals surface area contributed by atoms with Crippen LogP contribution in [0.3, 0.4) is 0 Å². The number of halogens is 1. The lowest BCUT2D eigenvalue weighted by Gasteiger charge is -2.16. The maximum Gasteiger partial charge on any atom is 0.262 e. The van der Waals surface area contributed by atoms with Gasteiger partial charge in [0.1, 0.15) is 5.82 Å². The number of nitrogens with one attached hydrogen (secondary N) is 1. The van der Waals surface area contributed by atoms with Crippen molar-refractivity contribution >= 4 is 34.3 Å². The molecule has 27 heavy (non-hydrogen) atoms. The topological polar surface area (TPSA) is 64.0 Å². The number of carbonyl (C=O) groups excluding carboxylic acids is 1. The van der Waals surface area contributed by atoms with E-state index in [1.54, 1.807) is 35.8 Å². The molecule has 1 aromatic heterocycles. The first kappa shape index (κ1) is 17.7. The Labute approximate surface area is 159 Å². The van der Waals surface area contributed by atoms with E-state index in [1.807, 2.05) is 12.1 Å². The molecular weight excluding hydrogens is 365 g/mol. The van der Waals surface area contributed by atoms with Crippen molar-refractivity contribution in [3.63, 3.8) is 0 Å². The molecule has 0 unspecified atom stereocenters. The van der Waals surface area contributed by atoms with Crippen LogP contribution in [0.2, 0.25) is 0 Å². The Morgan fingerprint density at radius 2 is 1.93 bits per heavy atom. The van der Waals surface area contributed by atoms with Crippen molar-refractivity contribution in [2.45, 2.75) is 36.2 Å². The van der Waals surface area contributed by atoms with Crippen LogP contribution in [0.1, 0.15) is 25.8 Å². The lowest BCUT2D eigenvalue weighted by molar-refractivity contribution is -0.115. The quantitative estimate of drug-likeness (QED) is 0.534. The molecule has 3 aromatic rings. The normalized spacial score (nSPS) is 14.9. The summed E-state index contributed by atoms with van der Waals surface area (Å²) in [5.41, 5.74) is 0.678. The van der Waals surface area contributed by atoms with Gasteiger partial charge >= 0.3 is 0 Å². The molecule has 1 amide bonds. The molecule has 1 fully saturated rings. The number of carbonyl (C=O) groups is 1. The fourth-order valence-corrected chi connectivity index (χ4v) is 3.85. The molecular formula is C20H18FN3O2S. The molecule has 0 saturated heterocycles. The zero-order valence-electron chi connectivity index (χ0n) is 14.7. The van der Waals surface area contributed by atoms with Crippen LogP contribution in [-0.2, 0) is 4.79 Å². The summed E-state index contributed by atoms with van der Waals surface area (Å²) in [6.45, 7) is 1.72. The number of aromatic nitrogens is 2. The fourth-order valence-electron chi connectivity index (χ4n) is 2.87. The van der Waals surface area contributed by atoms with E-state index in [0.29, 0.717) is 16.1 Å². The van der Waals surface area contributed by atoms with Gasteiger partial charge in [0.15, 0.2) is 5.16 Å². The van der Waals surface area contributed by atoms with Gasteiger partial charge in [-0.2, -0.15) is 0 Å². The first-order valence-electron chi connectivity index (χ1n) is 8.78. The van der Waals surface area contributed by atoms with Gasteiger partial charge in [-0.3, -0.25) is 14.2 Å². The Morgan fingerprint density at radius 1 is 1.22 bits per heavy atom. The van der Waals surface area contributed by atoms with Crippen LogP contribution in [0.4, 0.5) is 10.1 Å². The molecule has 1 N–H and O–H groups in total. The lowest BCUT2D eigenvalue weighted by atomic mass is 10.2. The minimum absolute atomic E-state index is 0.0766. The van der Waals surface area contributed by atoms with E-state index in [4.69, 9.17) is 0 Å². The van der Waals surface area contributed by atoms with Crippen molar-refractivity contribution in [2.75, 3.05) is 5.32 Å². The monoisotopic (exact) mass is 383 g/mol. The minimum atomic E-state index is -0.539. The molecule has 138 valence electrons. The highest BCUT2D eigenvalue weighted by atomic mass is 32.2. The predicted molar refractivity (Wildman–Crippen MR) is 105 cm³/mol. The molecule has 1 saturated carbocycles. The Balaban J connectivity index is 1.62. The van der Waals surface area contributed by atoms with Crippen LogP contribution in [0.15, 0.2) is 58.5 Å². The second-order valence-electron chi connectivity index (χ2n) is 6.55. The highest BCUT2D eigenvalue weighted by Crippen LogP contribution is 2.37. The van der Waals surface area contributed by atoms with E-state index in [-0.39, 0.29) is 23.2 Å². The van der Waals surface area contributed by atoms with Gasteiger partial charge in [0.05, 0.1) is 21.8 Å². The summed E-state index contributed by atoms with van der Waals surface area (Å²) in [6.07, 6.45) is 1.87. The highest BCUT2D eigenvalue weighted by Gasteiger charge is 2.30. The summed E-state index contributed by atoms with van der Waals surface area (Å²) in [7, 11) is 0. The number of amides is 1. The molecule has 7 heteroatoms. The van der Waals surface area contributed by atoms with E-state index in [9.17, 15) is 14.0 Å². The molecule has 2 aromatic carbocycles. The van der Waals surface area contributed by atoms with Crippen LogP contribution in [0, 0.1) is 5.82 Å². The maximum absolute atomic E-state index is 13.8. The SMILES string of the molecule is C[C@H](Sc1nc2ccccc2c(=O)n1C1CC1)C(=O)Nc1ccccc1F. The van der Waals surface area contributed by atoms with Crippen molar-refractivity contribution < 1.29 is 9.18 Å². The molecule has 5 nitrogen and oxygen atoms in total. The van der Waals surface area contributed by atoms with Gasteiger partial charge in [-0.1, -0.05) is 36.0 Å². The minimum Gasteiger partial charge on any atom is -0.323 e. The highest BCUT2D eigenvalue weighted by molar-refractivity contribution is 8.00. The molecule has 1 aliphatic rings. The third kappa shape index (κ3) is 3.60. The Hall–Kier alpha value is -2.67. The van der Waals surface area contributed by atoms with Gasteiger partial charge in [0, 0.05) is 6.04 Å². The number of fused-ring (bicyclic) bond motifs is 1. The molecule has 0 aliphatic heterocycles. The van der Waals surface area contributed by atoms with E-state index < -0.39 is 11.1 Å². The molecule has 1 aliphatic carbocycles. The maximum atomic E-state index is 13.8. The molecule has 0 spiro atoms. The first-order valence-corrected chi connectivity index (χ1v) is 9.66. The van der Waals surface area contributed by atoms with Gasteiger partial charge in [0.25, 0.3) is 5.56 Å². The predicted octanol–water partition coefficient (Wildman–Crippen LogP) is 3.99. The number of hydrogen-bond acceptors (Lipinski definition) is 4. The van der Waals surface area contributed by atoms with Crippen molar-refractivity contribution in [1.82, 2.24) is 9.55 Å². The third-order valence-corrected chi connectivity index (χ3v) is 5.54. The van der Waals surface area contributed by atoms with E-state index >= 15 is 0 Å². The Kier molecular flexibility index (Phi) is 4.70. The van der Waals surface area contributed by atoms with Gasteiger partial charge < -0.3 is 5.32 Å². The van der Waals surface area contributed by atoms with Crippen molar-refractivity contribution in [1.29, 1.82) is 0 Å². The number of rotatable bonds is 5. The fraction of sp³-hybridized carbons (Fsp3) is 0.250. The number of anilines is 1. The van der Waals surface area contributed by atoms with Crippen molar-refractivity contribution in [2.24, 2.45) is 0 Å². The zero-order valence-corrected chi connectivity index (χ0v) is 15.5. The van der Waals surface area contributed by atoms with Crippen LogP contribution < -0.4 is 10.9 Å². The summed E-state index contributed by atoms with van der Waals surface area (Å²) in [4.78, 5) is 30.0. The van der Waals surface area contributed by atoms with Crippen LogP contribution in [0.5, 0.6) is 0 Å². The summed E-state index contributed by atoms with van der Waals surface area (Å²) >= 11 is 1.22. The molecule has 0 bridgehead atoms. The van der Waals surface area contributed by atoms with Gasteiger partial charge in [0.2, 0.25) is 5.91 Å². The van der Waals surface area contributed by atoms with E-state index in [2.05, 4.69) is 10.3 Å². The van der Waals surface area contributed by atoms with E-state index in [0.717, 1.165) is 12.8 Å². The molecule has 4 rings (SSSR count). The second kappa shape index (κ2) is 7.15. The summed E-state index contributed by atoms with van der Waals surface area (Å²) in [5.74, 6) is -0.823. The molecule has 0 radical (unpaired) electrons. The number of thioether (sulfide) groups is 1. The van der Waals surface area contributed by atoms with Crippen LogP contribution >= 0.6 is 11.8 Å². The van der Waals surface area contributed by atoms with Gasteiger partial charge in [-0.15, -0.1) is 0 Å². The Morgan fingerprint density at radius 3 is 2.67 bits per heavy atom. The first-order chi connectivity index (χ1) is 13.0. The number of para-hydroxylation sites is 2. The van der Waals surface area contributed by atoms with Crippen molar-refractivity contribution in [3.05, 3.63) is 64.7 Å². The average Bonchev–Trinajstić information content (AvgIpc) is 3.48. The summed E-state index contributed by atoms with van der Waals surface area (Å²) in [6, 6.07) is 13.4. The second-order valence-corrected chi connectivity index (χ2v) is 7.85. The zero-order chi connectivity index (χ0) is 19.0. The molecule has 1 atom stereocenters. The number of nitrogens with zero attached hydrogens (tertiary/aromatic N) is 2. The third-order valence-electron chi connectivity index (χ3n) is 4.47. The summed E-state index contributed by atoms with van der Waals surface area (Å²) in [5, 5.41) is 3.16. The largest absolute Gasteiger partial charge is 0.323 e. The number of benzene rings is 2. The smallest absolute Gasteiger partial charge is 0.262 e. The van der Waals surface area contributed by atoms with Crippen molar-refractivity contribution in [3.8, 4) is 0 Å². The summed E-state index contributed by atoms with van der Waals surface area (Å²) < 4.78 is 15.5. The van der Waals surface area contributed by atoms with Crippen LogP contribution in [0.25, 0.3) is 10.9 Å². The van der Waals surface area contributed by atoms with Crippen LogP contribution in [-0.4, -0.2) is 20.7 Å². The average molecular weight is 383 g/mol.